The van der Waals surface area contributed by atoms with Crippen LogP contribution in [0.25, 0.3) is 0 Å². The summed E-state index contributed by atoms with van der Waals surface area (Å²) in [6, 6.07) is -1.19. The first-order valence-corrected chi connectivity index (χ1v) is 31.4. The third-order valence-corrected chi connectivity index (χ3v) is 15.1. The lowest BCUT2D eigenvalue weighted by Gasteiger charge is -2.40. The number of unbranched alkanes of at least 4 members (excludes halogenated alkanes) is 36. The van der Waals surface area contributed by atoms with Crippen LogP contribution in [-0.2, 0) is 14.3 Å². The largest absolute Gasteiger partial charge is 0.394 e. The lowest BCUT2D eigenvalue weighted by atomic mass is 9.98. The number of carbonyl (C=O) groups is 1. The van der Waals surface area contributed by atoms with E-state index in [2.05, 4.69) is 55.6 Å². The van der Waals surface area contributed by atoms with E-state index in [4.69, 9.17) is 9.47 Å². The molecule has 74 heavy (non-hydrogen) atoms. The third-order valence-electron chi connectivity index (χ3n) is 15.1. The minimum Gasteiger partial charge on any atom is -0.394 e. The summed E-state index contributed by atoms with van der Waals surface area (Å²) >= 11 is 0. The number of aliphatic hydroxyl groups is 7. The number of carbonyl (C=O) groups excluding carboxylic acids is 1. The number of nitrogens with one attached hydrogen (secondary N) is 1. The lowest BCUT2D eigenvalue weighted by Crippen LogP contribution is -2.60. The molecule has 9 unspecified atom stereocenters. The van der Waals surface area contributed by atoms with Crippen molar-refractivity contribution in [2.75, 3.05) is 13.2 Å². The van der Waals surface area contributed by atoms with Gasteiger partial charge in [-0.25, -0.2) is 0 Å². The van der Waals surface area contributed by atoms with Gasteiger partial charge >= 0.3 is 0 Å². The van der Waals surface area contributed by atoms with E-state index in [-0.39, 0.29) is 12.8 Å². The molecule has 0 bridgehead atoms. The normalized spacial score (nSPS) is 20.0. The van der Waals surface area contributed by atoms with Gasteiger partial charge in [0.2, 0.25) is 5.91 Å². The van der Waals surface area contributed by atoms with Crippen molar-refractivity contribution in [3.05, 3.63) is 36.5 Å². The van der Waals surface area contributed by atoms with Crippen LogP contribution in [-0.4, -0.2) is 110 Å². The van der Waals surface area contributed by atoms with Gasteiger partial charge in [-0.1, -0.05) is 249 Å². The maximum absolute atomic E-state index is 13.2. The molecule has 0 aromatic carbocycles. The SMILES string of the molecule is CCCCCCCCCC/C=C/CC/C=C/CCCC(O)C(O)C(COC1OC(CO)C(O)C(O)C1O)NC(=O)C(O)CCCCCCCCCCCCCCCC/C=C\CCCCCCCCCCCCCC. The lowest BCUT2D eigenvalue weighted by molar-refractivity contribution is -0.303. The van der Waals surface area contributed by atoms with Gasteiger partial charge in [0.25, 0.3) is 0 Å². The van der Waals surface area contributed by atoms with Crippen molar-refractivity contribution in [2.45, 2.75) is 345 Å². The molecule has 1 aliphatic heterocycles. The van der Waals surface area contributed by atoms with Crippen LogP contribution in [0.5, 0.6) is 0 Å². The Morgan fingerprint density at radius 1 is 0.459 bits per heavy atom. The highest BCUT2D eigenvalue weighted by Gasteiger charge is 2.44. The summed E-state index contributed by atoms with van der Waals surface area (Å²) in [6.07, 6.45) is 53.6. The van der Waals surface area contributed by atoms with Crippen LogP contribution in [0, 0.1) is 0 Å². The molecule has 11 nitrogen and oxygen atoms in total. The number of ether oxygens (including phenoxy) is 2. The predicted octanol–water partition coefficient (Wildman–Crippen LogP) is 13.9. The van der Waals surface area contributed by atoms with Crippen molar-refractivity contribution in [1.82, 2.24) is 5.32 Å². The van der Waals surface area contributed by atoms with E-state index >= 15 is 0 Å². The van der Waals surface area contributed by atoms with Gasteiger partial charge in [-0.05, 0) is 77.0 Å². The van der Waals surface area contributed by atoms with E-state index < -0.39 is 74.2 Å². The van der Waals surface area contributed by atoms with Gasteiger partial charge in [-0.3, -0.25) is 4.79 Å². The zero-order valence-corrected chi connectivity index (χ0v) is 47.8. The molecular weight excluding hydrogens is 931 g/mol. The van der Waals surface area contributed by atoms with Gasteiger partial charge in [0, 0.05) is 0 Å². The Balaban J connectivity index is 2.24. The van der Waals surface area contributed by atoms with Gasteiger partial charge in [0.05, 0.1) is 25.4 Å². The summed E-state index contributed by atoms with van der Waals surface area (Å²) in [5.74, 6) is -0.707. The second-order valence-electron chi connectivity index (χ2n) is 22.1. The van der Waals surface area contributed by atoms with E-state index in [1.807, 2.05) is 0 Å². The van der Waals surface area contributed by atoms with E-state index in [9.17, 15) is 40.5 Å². The summed E-state index contributed by atoms with van der Waals surface area (Å²) in [4.78, 5) is 13.2. The summed E-state index contributed by atoms with van der Waals surface area (Å²) < 4.78 is 11.1. The summed E-state index contributed by atoms with van der Waals surface area (Å²) in [5, 5.41) is 76.2. The number of hydrogen-bond acceptors (Lipinski definition) is 10. The Hall–Kier alpha value is -1.67. The fourth-order valence-electron chi connectivity index (χ4n) is 10.0. The molecule has 1 saturated heterocycles. The average molecular weight is 1050 g/mol. The van der Waals surface area contributed by atoms with E-state index in [0.717, 1.165) is 38.5 Å². The number of aliphatic hydroxyl groups excluding tert-OH is 7. The zero-order valence-electron chi connectivity index (χ0n) is 47.8. The van der Waals surface area contributed by atoms with Crippen LogP contribution in [0.3, 0.4) is 0 Å². The topological polar surface area (TPSA) is 189 Å². The molecule has 0 aromatic heterocycles. The number of amides is 1. The van der Waals surface area contributed by atoms with E-state index in [1.54, 1.807) is 0 Å². The minimum atomic E-state index is -1.67. The molecule has 9 atom stereocenters. The number of allylic oxidation sites excluding steroid dienone is 6. The second kappa shape index (κ2) is 52.1. The van der Waals surface area contributed by atoms with Gasteiger partial charge in [0.1, 0.15) is 36.6 Å². The highest BCUT2D eigenvalue weighted by Crippen LogP contribution is 2.23. The molecule has 0 saturated carbocycles. The van der Waals surface area contributed by atoms with Crippen molar-refractivity contribution in [3.63, 3.8) is 0 Å². The molecule has 1 aliphatic rings. The Morgan fingerprint density at radius 3 is 1.20 bits per heavy atom. The summed E-state index contributed by atoms with van der Waals surface area (Å²) in [7, 11) is 0. The molecule has 436 valence electrons. The van der Waals surface area contributed by atoms with Crippen molar-refractivity contribution in [3.8, 4) is 0 Å². The van der Waals surface area contributed by atoms with Crippen molar-refractivity contribution in [1.29, 1.82) is 0 Å². The first kappa shape index (κ1) is 70.3. The maximum atomic E-state index is 13.2. The smallest absolute Gasteiger partial charge is 0.249 e. The van der Waals surface area contributed by atoms with Crippen LogP contribution in [0.1, 0.15) is 290 Å². The molecule has 11 heteroatoms. The molecule has 1 rings (SSSR count). The van der Waals surface area contributed by atoms with Crippen LogP contribution in [0.2, 0.25) is 0 Å². The monoisotopic (exact) mass is 1050 g/mol. The summed E-state index contributed by atoms with van der Waals surface area (Å²) in [6.45, 7) is 3.46. The third kappa shape index (κ3) is 39.7. The summed E-state index contributed by atoms with van der Waals surface area (Å²) in [5.41, 5.74) is 0. The van der Waals surface area contributed by atoms with Crippen molar-refractivity contribution in [2.24, 2.45) is 0 Å². The van der Waals surface area contributed by atoms with Crippen molar-refractivity contribution < 1.29 is 50.0 Å². The highest BCUT2D eigenvalue weighted by atomic mass is 16.7. The maximum Gasteiger partial charge on any atom is 0.249 e. The second-order valence-corrected chi connectivity index (χ2v) is 22.1. The highest BCUT2D eigenvalue weighted by molar-refractivity contribution is 5.80. The van der Waals surface area contributed by atoms with E-state index in [1.165, 1.54) is 205 Å². The van der Waals surface area contributed by atoms with Crippen LogP contribution >= 0.6 is 0 Å². The van der Waals surface area contributed by atoms with E-state index in [0.29, 0.717) is 19.3 Å². The van der Waals surface area contributed by atoms with Crippen molar-refractivity contribution >= 4 is 5.91 Å². The average Bonchev–Trinajstić information content (AvgIpc) is 3.40. The Kier molecular flexibility index (Phi) is 49.5. The van der Waals surface area contributed by atoms with Crippen LogP contribution in [0.15, 0.2) is 36.5 Å². The predicted molar refractivity (Wildman–Crippen MR) is 307 cm³/mol. The Labute approximate surface area is 454 Å². The number of hydrogen-bond donors (Lipinski definition) is 8. The molecule has 0 aromatic rings. The first-order valence-electron chi connectivity index (χ1n) is 31.4. The van der Waals surface area contributed by atoms with Crippen LogP contribution in [0.4, 0.5) is 0 Å². The molecule has 0 aliphatic carbocycles. The fourth-order valence-corrected chi connectivity index (χ4v) is 10.0. The van der Waals surface area contributed by atoms with Gasteiger partial charge in [0.15, 0.2) is 6.29 Å². The standard InChI is InChI=1S/C63H119NO10/c1-3-5-7-9-11-13-15-17-19-21-22-23-24-25-26-27-28-29-30-31-32-33-35-37-39-41-43-45-47-49-51-56(67)62(72)64-54(53-73-63-61(71)60(70)59(69)57(52-65)74-63)58(68)55(66)50-48-46-44-42-40-38-36-34-20-18-16-14-12-10-8-6-4-2/h25-26,34,36,42,44,54-61,63,65-71H,3-24,27-33,35,37-41,43,45-53H2,1-2H3,(H,64,72)/b26-25-,36-34+,44-42+. The molecule has 8 N–H and O–H groups in total. The first-order chi connectivity index (χ1) is 36.2. The minimum absolute atomic E-state index is 0.247. The Bertz CT molecular complexity index is 1300. The van der Waals surface area contributed by atoms with Gasteiger partial charge < -0.3 is 50.5 Å². The number of rotatable bonds is 54. The molecule has 1 fully saturated rings. The molecule has 0 spiro atoms. The van der Waals surface area contributed by atoms with Crippen LogP contribution < -0.4 is 5.32 Å². The van der Waals surface area contributed by atoms with Gasteiger partial charge in [-0.15, -0.1) is 0 Å². The molecular formula is C63H119NO10. The fraction of sp³-hybridized carbons (Fsp3) is 0.889. The molecule has 1 heterocycles. The quantitative estimate of drug-likeness (QED) is 0.0215. The molecule has 0 radical (unpaired) electrons. The Morgan fingerprint density at radius 2 is 0.811 bits per heavy atom. The zero-order chi connectivity index (χ0) is 54.0. The molecule has 1 amide bonds. The van der Waals surface area contributed by atoms with Gasteiger partial charge in [-0.2, -0.15) is 0 Å².